The highest BCUT2D eigenvalue weighted by molar-refractivity contribution is 7.80. The standard InChI is InChI=1S/C16H11ClO2S/c17-14-6-8-15(9-7-14)19-20(18)16-10-5-12-3-1-2-4-13(12)11-16/h1-11H. The number of hydrogen-bond donors (Lipinski definition) is 0. The Morgan fingerprint density at radius 2 is 1.55 bits per heavy atom. The van der Waals surface area contributed by atoms with Crippen LogP contribution in [-0.2, 0) is 11.1 Å². The molecular weight excluding hydrogens is 292 g/mol. The summed E-state index contributed by atoms with van der Waals surface area (Å²) in [5, 5.41) is 2.77. The van der Waals surface area contributed by atoms with Crippen LogP contribution < -0.4 is 4.18 Å². The lowest BCUT2D eigenvalue weighted by Crippen LogP contribution is -2.00. The normalized spacial score (nSPS) is 12.2. The van der Waals surface area contributed by atoms with Crippen molar-refractivity contribution in [1.29, 1.82) is 0 Å². The first kappa shape index (κ1) is 13.2. The molecule has 0 heterocycles. The van der Waals surface area contributed by atoms with Crippen LogP contribution in [0.15, 0.2) is 71.6 Å². The number of hydrogen-bond acceptors (Lipinski definition) is 2. The van der Waals surface area contributed by atoms with Gasteiger partial charge < -0.3 is 4.18 Å². The second-order valence-electron chi connectivity index (χ2n) is 4.28. The van der Waals surface area contributed by atoms with Crippen LogP contribution in [0.4, 0.5) is 0 Å². The van der Waals surface area contributed by atoms with Crippen LogP contribution in [0.1, 0.15) is 0 Å². The molecule has 0 saturated heterocycles. The third kappa shape index (κ3) is 2.84. The largest absolute Gasteiger partial charge is 0.397 e. The third-order valence-corrected chi connectivity index (χ3v) is 4.13. The van der Waals surface area contributed by atoms with Gasteiger partial charge in [-0.05, 0) is 47.2 Å². The molecule has 0 N–H and O–H groups in total. The summed E-state index contributed by atoms with van der Waals surface area (Å²) < 4.78 is 17.6. The van der Waals surface area contributed by atoms with Gasteiger partial charge in [0.25, 0.3) is 0 Å². The van der Waals surface area contributed by atoms with Gasteiger partial charge in [-0.25, -0.2) is 4.21 Å². The monoisotopic (exact) mass is 302 g/mol. The minimum Gasteiger partial charge on any atom is -0.397 e. The highest BCUT2D eigenvalue weighted by Crippen LogP contribution is 2.21. The van der Waals surface area contributed by atoms with E-state index in [9.17, 15) is 4.21 Å². The molecule has 1 unspecified atom stereocenters. The molecular formula is C16H11ClO2S. The fraction of sp³-hybridized carbons (Fsp3) is 0. The van der Waals surface area contributed by atoms with Crippen molar-refractivity contribution in [2.75, 3.05) is 0 Å². The van der Waals surface area contributed by atoms with Crippen molar-refractivity contribution in [3.8, 4) is 5.75 Å². The van der Waals surface area contributed by atoms with E-state index in [1.807, 2.05) is 42.5 Å². The Bertz CT molecular complexity index is 769. The van der Waals surface area contributed by atoms with E-state index in [1.165, 1.54) is 0 Å². The van der Waals surface area contributed by atoms with Crippen LogP contribution in [0, 0.1) is 0 Å². The van der Waals surface area contributed by atoms with Crippen molar-refractivity contribution in [3.05, 3.63) is 71.8 Å². The van der Waals surface area contributed by atoms with Crippen molar-refractivity contribution in [1.82, 2.24) is 0 Å². The number of halogens is 1. The average molecular weight is 303 g/mol. The summed E-state index contributed by atoms with van der Waals surface area (Å²) in [5.41, 5.74) is 0. The summed E-state index contributed by atoms with van der Waals surface area (Å²) in [7, 11) is 0. The zero-order valence-electron chi connectivity index (χ0n) is 10.5. The van der Waals surface area contributed by atoms with Crippen LogP contribution in [0.25, 0.3) is 10.8 Å². The van der Waals surface area contributed by atoms with Crippen molar-refractivity contribution in [3.63, 3.8) is 0 Å². The van der Waals surface area contributed by atoms with Crippen molar-refractivity contribution < 1.29 is 8.39 Å². The Hall–Kier alpha value is -1.84. The number of rotatable bonds is 3. The summed E-state index contributed by atoms with van der Waals surface area (Å²) in [6, 6.07) is 20.4. The van der Waals surface area contributed by atoms with E-state index >= 15 is 0 Å². The molecule has 0 aromatic heterocycles. The second-order valence-corrected chi connectivity index (χ2v) is 5.82. The number of fused-ring (bicyclic) bond motifs is 1. The Morgan fingerprint density at radius 3 is 2.30 bits per heavy atom. The Morgan fingerprint density at radius 1 is 0.850 bits per heavy atom. The van der Waals surface area contributed by atoms with Crippen LogP contribution >= 0.6 is 11.6 Å². The topological polar surface area (TPSA) is 26.3 Å². The molecule has 0 radical (unpaired) electrons. The second kappa shape index (κ2) is 5.65. The molecule has 0 aliphatic heterocycles. The first-order valence-electron chi connectivity index (χ1n) is 6.07. The van der Waals surface area contributed by atoms with Crippen molar-refractivity contribution in [2.24, 2.45) is 0 Å². The first-order chi connectivity index (χ1) is 9.72. The van der Waals surface area contributed by atoms with Gasteiger partial charge in [-0.1, -0.05) is 41.9 Å². The molecule has 4 heteroatoms. The maximum absolute atomic E-state index is 12.2. The first-order valence-corrected chi connectivity index (χ1v) is 7.52. The van der Waals surface area contributed by atoms with E-state index in [4.69, 9.17) is 15.8 Å². The van der Waals surface area contributed by atoms with Gasteiger partial charge in [0.05, 0.1) is 4.90 Å². The molecule has 1 atom stereocenters. The summed E-state index contributed by atoms with van der Waals surface area (Å²) >= 11 is 4.26. The third-order valence-electron chi connectivity index (χ3n) is 2.90. The van der Waals surface area contributed by atoms with Gasteiger partial charge >= 0.3 is 0 Å². The van der Waals surface area contributed by atoms with Gasteiger partial charge in [-0.2, -0.15) is 0 Å². The Balaban J connectivity index is 1.86. The minimum atomic E-state index is -1.54. The van der Waals surface area contributed by atoms with Crippen LogP contribution in [0.2, 0.25) is 5.02 Å². The van der Waals surface area contributed by atoms with Gasteiger partial charge in [0.1, 0.15) is 5.75 Å². The molecule has 20 heavy (non-hydrogen) atoms. The predicted octanol–water partition coefficient (Wildman–Crippen LogP) is 4.59. The van der Waals surface area contributed by atoms with Crippen molar-refractivity contribution in [2.45, 2.75) is 4.90 Å². The van der Waals surface area contributed by atoms with Gasteiger partial charge in [0.15, 0.2) is 0 Å². The van der Waals surface area contributed by atoms with E-state index in [1.54, 1.807) is 24.3 Å². The maximum atomic E-state index is 12.2. The molecule has 3 rings (SSSR count). The molecule has 0 aliphatic rings. The fourth-order valence-corrected chi connectivity index (χ4v) is 2.81. The minimum absolute atomic E-state index is 0.529. The van der Waals surface area contributed by atoms with E-state index < -0.39 is 11.1 Å². The molecule has 0 aliphatic carbocycles. The summed E-state index contributed by atoms with van der Waals surface area (Å²) in [6.45, 7) is 0. The van der Waals surface area contributed by atoms with E-state index in [-0.39, 0.29) is 0 Å². The molecule has 3 aromatic rings. The van der Waals surface area contributed by atoms with Crippen LogP contribution in [-0.4, -0.2) is 4.21 Å². The highest BCUT2D eigenvalue weighted by Gasteiger charge is 2.07. The predicted molar refractivity (Wildman–Crippen MR) is 82.4 cm³/mol. The van der Waals surface area contributed by atoms with E-state index in [0.717, 1.165) is 10.8 Å². The summed E-state index contributed by atoms with van der Waals surface area (Å²) in [4.78, 5) is 0.638. The molecule has 3 aromatic carbocycles. The Kier molecular flexibility index (Phi) is 3.72. The van der Waals surface area contributed by atoms with Gasteiger partial charge in [-0.15, -0.1) is 0 Å². The number of benzene rings is 3. The average Bonchev–Trinajstić information content (AvgIpc) is 2.49. The molecule has 0 amide bonds. The van der Waals surface area contributed by atoms with E-state index in [2.05, 4.69) is 0 Å². The summed E-state index contributed by atoms with van der Waals surface area (Å²) in [5.74, 6) is 0.529. The molecule has 0 spiro atoms. The van der Waals surface area contributed by atoms with Gasteiger partial charge in [-0.3, -0.25) is 0 Å². The van der Waals surface area contributed by atoms with Crippen LogP contribution in [0.5, 0.6) is 5.75 Å². The van der Waals surface area contributed by atoms with Crippen LogP contribution in [0.3, 0.4) is 0 Å². The fourth-order valence-electron chi connectivity index (χ4n) is 1.90. The lowest BCUT2D eigenvalue weighted by atomic mass is 10.1. The molecule has 0 saturated carbocycles. The lowest BCUT2D eigenvalue weighted by Gasteiger charge is -2.06. The molecule has 0 bridgehead atoms. The molecule has 100 valence electrons. The van der Waals surface area contributed by atoms with E-state index in [0.29, 0.717) is 15.7 Å². The zero-order chi connectivity index (χ0) is 13.9. The zero-order valence-corrected chi connectivity index (χ0v) is 12.0. The van der Waals surface area contributed by atoms with Crippen molar-refractivity contribution >= 4 is 33.5 Å². The smallest absolute Gasteiger partial charge is 0.240 e. The maximum Gasteiger partial charge on any atom is 0.240 e. The molecule has 2 nitrogen and oxygen atoms in total. The quantitative estimate of drug-likeness (QED) is 0.707. The molecule has 0 fully saturated rings. The summed E-state index contributed by atoms with van der Waals surface area (Å²) in [6.07, 6.45) is 0. The lowest BCUT2D eigenvalue weighted by molar-refractivity contribution is 0.562. The van der Waals surface area contributed by atoms with Gasteiger partial charge in [0.2, 0.25) is 11.1 Å². The Labute approximate surface area is 124 Å². The van der Waals surface area contributed by atoms with Gasteiger partial charge in [0, 0.05) is 5.02 Å². The SMILES string of the molecule is O=S(Oc1ccc(Cl)cc1)c1ccc2ccccc2c1. The highest BCUT2D eigenvalue weighted by atomic mass is 35.5.